The van der Waals surface area contributed by atoms with Gasteiger partial charge in [-0.05, 0) is 25.5 Å². The van der Waals surface area contributed by atoms with Gasteiger partial charge in [-0.2, -0.15) is 0 Å². The first kappa shape index (κ1) is 23.2. The second-order valence-corrected chi connectivity index (χ2v) is 8.78. The molecule has 10 heteroatoms. The first-order valence-corrected chi connectivity index (χ1v) is 11.4. The fraction of sp³-hybridized carbons (Fsp3) is 0.565. The summed E-state index contributed by atoms with van der Waals surface area (Å²) in [6, 6.07) is 7.71. The molecule has 2 N–H and O–H groups in total. The number of ether oxygens (including phenoxy) is 1. The van der Waals surface area contributed by atoms with E-state index in [-0.39, 0.29) is 18.6 Å². The molecule has 1 aromatic rings. The van der Waals surface area contributed by atoms with Gasteiger partial charge in [-0.1, -0.05) is 29.4 Å². The number of oxime groups is 1. The van der Waals surface area contributed by atoms with Gasteiger partial charge >= 0.3 is 5.97 Å². The van der Waals surface area contributed by atoms with Crippen molar-refractivity contribution in [3.05, 3.63) is 35.4 Å². The Hall–Kier alpha value is -2.98. The molecule has 0 aromatic heterocycles. The zero-order chi connectivity index (χ0) is 23.4. The zero-order valence-electron chi connectivity index (χ0n) is 18.9. The van der Waals surface area contributed by atoms with Crippen LogP contribution in [-0.2, 0) is 19.2 Å². The molecular weight excluding hydrogens is 426 g/mol. The van der Waals surface area contributed by atoms with Crippen LogP contribution in [0.25, 0.3) is 0 Å². The Balaban J connectivity index is 1.27. The van der Waals surface area contributed by atoms with Gasteiger partial charge in [0.25, 0.3) is 5.91 Å². The zero-order valence-corrected chi connectivity index (χ0v) is 18.9. The molecule has 0 saturated carbocycles. The van der Waals surface area contributed by atoms with Crippen molar-refractivity contribution in [2.45, 2.75) is 31.5 Å². The summed E-state index contributed by atoms with van der Waals surface area (Å²) in [5, 5.41) is 21.4. The van der Waals surface area contributed by atoms with Crippen molar-refractivity contribution in [3.8, 4) is 0 Å². The molecule has 0 radical (unpaired) electrons. The minimum absolute atomic E-state index is 0.0982. The molecule has 2 saturated heterocycles. The van der Waals surface area contributed by atoms with E-state index in [1.807, 2.05) is 24.3 Å². The molecule has 1 amide bonds. The summed E-state index contributed by atoms with van der Waals surface area (Å²) >= 11 is 0. The largest absolute Gasteiger partial charge is 0.480 e. The number of amides is 1. The van der Waals surface area contributed by atoms with Crippen molar-refractivity contribution in [2.24, 2.45) is 5.16 Å². The molecule has 178 valence electrons. The number of carboxylic acids is 1. The lowest BCUT2D eigenvalue weighted by atomic mass is 10.0. The number of rotatable bonds is 6. The van der Waals surface area contributed by atoms with E-state index in [0.717, 1.165) is 43.0 Å². The van der Waals surface area contributed by atoms with E-state index in [1.165, 1.54) is 0 Å². The Labute approximate surface area is 193 Å². The summed E-state index contributed by atoms with van der Waals surface area (Å²) in [5.41, 5.74) is 2.48. The topological polar surface area (TPSA) is 119 Å². The molecule has 10 nitrogen and oxygen atoms in total. The normalized spacial score (nSPS) is 22.1. The molecule has 3 aliphatic heterocycles. The predicted octanol–water partition coefficient (Wildman–Crippen LogP) is 0.845. The number of carbonyl (C=O) groups excluding carboxylic acids is 1. The average molecular weight is 458 g/mol. The number of hydrogen-bond acceptors (Lipinski definition) is 7. The van der Waals surface area contributed by atoms with Gasteiger partial charge in [-0.15, -0.1) is 0 Å². The van der Waals surface area contributed by atoms with Gasteiger partial charge < -0.3 is 29.4 Å². The molecule has 1 aromatic carbocycles. The number of piperidine rings is 1. The number of piperazine rings is 1. The summed E-state index contributed by atoms with van der Waals surface area (Å²) in [5.74, 6) is -0.552. The molecular formula is C23H31N5O5. The first-order valence-electron chi connectivity index (χ1n) is 11.4. The molecule has 0 spiro atoms. The number of benzene rings is 1. The van der Waals surface area contributed by atoms with Crippen LogP contribution in [0.1, 0.15) is 30.4 Å². The quantitative estimate of drug-likeness (QED) is 0.480. The maximum absolute atomic E-state index is 12.8. The Morgan fingerprint density at radius 2 is 1.76 bits per heavy atom. The van der Waals surface area contributed by atoms with Crippen molar-refractivity contribution in [1.82, 2.24) is 14.7 Å². The van der Waals surface area contributed by atoms with Crippen molar-refractivity contribution < 1.29 is 24.3 Å². The molecule has 0 aliphatic carbocycles. The second-order valence-electron chi connectivity index (χ2n) is 8.78. The number of nitrogens with zero attached hydrogens (tertiary/aromatic N) is 4. The van der Waals surface area contributed by atoms with Crippen molar-refractivity contribution in [1.29, 1.82) is 5.41 Å². The smallest absolute Gasteiger partial charge is 0.329 e. The van der Waals surface area contributed by atoms with Crippen LogP contribution in [0.3, 0.4) is 0 Å². The van der Waals surface area contributed by atoms with E-state index >= 15 is 0 Å². The summed E-state index contributed by atoms with van der Waals surface area (Å²) in [7, 11) is 2.09. The maximum Gasteiger partial charge on any atom is 0.329 e. The van der Waals surface area contributed by atoms with E-state index in [0.29, 0.717) is 38.2 Å². The standard InChI is InChI=1S/C23H31N5O5/c1-26-10-12-27(13-11-26)22(24)17-4-2-16(3-5-17)19-14-20(33-25-19)23(31)28-8-6-18(7-9-28)32-15-21(29)30/h2-5,18,20,24H,6-15H2,1H3,(H,29,30). The lowest BCUT2D eigenvalue weighted by Gasteiger charge is -2.34. The third kappa shape index (κ3) is 5.69. The molecule has 1 atom stereocenters. The highest BCUT2D eigenvalue weighted by molar-refractivity contribution is 6.05. The minimum atomic E-state index is -0.984. The molecule has 33 heavy (non-hydrogen) atoms. The predicted molar refractivity (Wildman–Crippen MR) is 122 cm³/mol. The summed E-state index contributed by atoms with van der Waals surface area (Å²) in [6.07, 6.45) is 0.855. The van der Waals surface area contributed by atoms with Crippen LogP contribution in [0.5, 0.6) is 0 Å². The number of aliphatic carboxylic acids is 1. The third-order valence-electron chi connectivity index (χ3n) is 6.45. The third-order valence-corrected chi connectivity index (χ3v) is 6.45. The van der Waals surface area contributed by atoms with Crippen LogP contribution >= 0.6 is 0 Å². The van der Waals surface area contributed by atoms with Crippen LogP contribution in [0.2, 0.25) is 0 Å². The summed E-state index contributed by atoms with van der Waals surface area (Å²) in [4.78, 5) is 35.0. The second kappa shape index (κ2) is 10.3. The van der Waals surface area contributed by atoms with Crippen LogP contribution in [0, 0.1) is 5.41 Å². The number of hydrogen-bond donors (Lipinski definition) is 2. The maximum atomic E-state index is 12.8. The van der Waals surface area contributed by atoms with Crippen LogP contribution in [0.15, 0.2) is 29.4 Å². The van der Waals surface area contributed by atoms with Gasteiger partial charge in [0.2, 0.25) is 6.10 Å². The van der Waals surface area contributed by atoms with E-state index in [9.17, 15) is 9.59 Å². The fourth-order valence-electron chi connectivity index (χ4n) is 4.35. The molecule has 3 heterocycles. The SMILES string of the molecule is CN1CCN(C(=N)c2ccc(C3=NOC(C(=O)N4CCC(OCC(=O)O)CC4)C3)cc2)CC1. The summed E-state index contributed by atoms with van der Waals surface area (Å²) < 4.78 is 5.33. The van der Waals surface area contributed by atoms with Gasteiger partial charge in [0.1, 0.15) is 12.4 Å². The van der Waals surface area contributed by atoms with Gasteiger partial charge in [-0.3, -0.25) is 10.2 Å². The highest BCUT2D eigenvalue weighted by Gasteiger charge is 2.34. The Bertz CT molecular complexity index is 902. The van der Waals surface area contributed by atoms with Gasteiger partial charge in [0.15, 0.2) is 0 Å². The highest BCUT2D eigenvalue weighted by Crippen LogP contribution is 2.22. The molecule has 2 fully saturated rings. The van der Waals surface area contributed by atoms with E-state index in [2.05, 4.69) is 22.0 Å². The summed E-state index contributed by atoms with van der Waals surface area (Å²) in [6.45, 7) is 4.33. The van der Waals surface area contributed by atoms with Gasteiger partial charge in [-0.25, -0.2) is 4.79 Å². The number of nitrogens with one attached hydrogen (secondary N) is 1. The first-order chi connectivity index (χ1) is 15.9. The highest BCUT2D eigenvalue weighted by atomic mass is 16.6. The minimum Gasteiger partial charge on any atom is -0.480 e. The monoisotopic (exact) mass is 457 g/mol. The van der Waals surface area contributed by atoms with Crippen LogP contribution in [0.4, 0.5) is 0 Å². The molecule has 1 unspecified atom stereocenters. The van der Waals surface area contributed by atoms with Crippen molar-refractivity contribution in [3.63, 3.8) is 0 Å². The van der Waals surface area contributed by atoms with Gasteiger partial charge in [0, 0.05) is 51.3 Å². The number of amidine groups is 1. The van der Waals surface area contributed by atoms with E-state index in [1.54, 1.807) is 4.90 Å². The van der Waals surface area contributed by atoms with Crippen LogP contribution < -0.4 is 0 Å². The fourth-order valence-corrected chi connectivity index (χ4v) is 4.35. The lowest BCUT2D eigenvalue weighted by molar-refractivity contribution is -0.149. The van der Waals surface area contributed by atoms with Crippen molar-refractivity contribution in [2.75, 3.05) is 52.9 Å². The molecule has 0 bridgehead atoms. The van der Waals surface area contributed by atoms with E-state index in [4.69, 9.17) is 20.1 Å². The number of carboxylic acid groups (broad SMARTS) is 1. The average Bonchev–Trinajstić information content (AvgIpc) is 3.33. The van der Waals surface area contributed by atoms with Gasteiger partial charge in [0.05, 0.1) is 11.8 Å². The Kier molecular flexibility index (Phi) is 7.24. The number of carbonyl (C=O) groups is 2. The molecule has 4 rings (SSSR count). The van der Waals surface area contributed by atoms with Crippen LogP contribution in [-0.4, -0.2) is 108 Å². The number of likely N-dealkylation sites (N-methyl/N-ethyl adjacent to an activating group) is 1. The Morgan fingerprint density at radius 1 is 1.09 bits per heavy atom. The van der Waals surface area contributed by atoms with Crippen molar-refractivity contribution >= 4 is 23.4 Å². The molecule has 3 aliphatic rings. The lowest BCUT2D eigenvalue weighted by Crippen LogP contribution is -2.47. The van der Waals surface area contributed by atoms with E-state index < -0.39 is 12.1 Å². The number of likely N-dealkylation sites (tertiary alicyclic amines) is 1. The Morgan fingerprint density at radius 3 is 2.39 bits per heavy atom.